The standard InChI is InChI=1S/C14H18N4O2/c1-3-15-9-13-16-6-7-18(13)10-12-5-4-11(8-17-12)14(19)20-2/h4-8,15H,3,9-10H2,1-2H3. The fourth-order valence-corrected chi connectivity index (χ4v) is 1.82. The van der Waals surface area contributed by atoms with Gasteiger partial charge in [0, 0.05) is 18.6 Å². The summed E-state index contributed by atoms with van der Waals surface area (Å²) >= 11 is 0. The summed E-state index contributed by atoms with van der Waals surface area (Å²) in [5.41, 5.74) is 1.32. The number of rotatable bonds is 6. The monoisotopic (exact) mass is 274 g/mol. The first-order valence-electron chi connectivity index (χ1n) is 6.48. The molecule has 0 fully saturated rings. The van der Waals surface area contributed by atoms with E-state index < -0.39 is 0 Å². The number of hydrogen-bond donors (Lipinski definition) is 1. The summed E-state index contributed by atoms with van der Waals surface area (Å²) in [7, 11) is 1.36. The first-order valence-corrected chi connectivity index (χ1v) is 6.48. The smallest absolute Gasteiger partial charge is 0.339 e. The van der Waals surface area contributed by atoms with Crippen molar-refractivity contribution in [1.29, 1.82) is 0 Å². The first-order chi connectivity index (χ1) is 9.74. The van der Waals surface area contributed by atoms with Crippen molar-refractivity contribution in [3.63, 3.8) is 0 Å². The molecule has 0 saturated carbocycles. The summed E-state index contributed by atoms with van der Waals surface area (Å²) in [6.07, 6.45) is 5.22. The lowest BCUT2D eigenvalue weighted by molar-refractivity contribution is 0.0600. The van der Waals surface area contributed by atoms with Crippen molar-refractivity contribution in [3.05, 3.63) is 47.8 Å². The Labute approximate surface area is 117 Å². The summed E-state index contributed by atoms with van der Waals surface area (Å²) in [5.74, 6) is 0.588. The Balaban J connectivity index is 2.06. The maximum Gasteiger partial charge on any atom is 0.339 e. The Hall–Kier alpha value is -2.21. The minimum atomic E-state index is -0.375. The third kappa shape index (κ3) is 3.42. The molecule has 2 aromatic rings. The topological polar surface area (TPSA) is 69.0 Å². The number of nitrogens with one attached hydrogen (secondary N) is 1. The molecule has 2 heterocycles. The molecule has 0 aliphatic heterocycles. The lowest BCUT2D eigenvalue weighted by Crippen LogP contribution is -2.16. The van der Waals surface area contributed by atoms with Crippen molar-refractivity contribution in [2.24, 2.45) is 0 Å². The minimum absolute atomic E-state index is 0.375. The fraction of sp³-hybridized carbons (Fsp3) is 0.357. The van der Waals surface area contributed by atoms with Gasteiger partial charge in [-0.3, -0.25) is 4.98 Å². The van der Waals surface area contributed by atoms with Crippen LogP contribution in [0.4, 0.5) is 0 Å². The third-order valence-electron chi connectivity index (χ3n) is 2.91. The number of carbonyl (C=O) groups is 1. The van der Waals surface area contributed by atoms with E-state index in [-0.39, 0.29) is 5.97 Å². The lowest BCUT2D eigenvalue weighted by atomic mass is 10.2. The van der Waals surface area contributed by atoms with Crippen molar-refractivity contribution in [2.75, 3.05) is 13.7 Å². The number of imidazole rings is 1. The average molecular weight is 274 g/mol. The highest BCUT2D eigenvalue weighted by Gasteiger charge is 2.07. The Bertz CT molecular complexity index is 563. The van der Waals surface area contributed by atoms with E-state index in [1.54, 1.807) is 12.3 Å². The van der Waals surface area contributed by atoms with E-state index in [1.807, 2.05) is 16.8 Å². The first kappa shape index (κ1) is 14.2. The molecule has 106 valence electrons. The summed E-state index contributed by atoms with van der Waals surface area (Å²) < 4.78 is 6.67. The molecule has 0 aromatic carbocycles. The molecule has 0 unspecified atom stereocenters. The number of aromatic nitrogens is 3. The summed E-state index contributed by atoms with van der Waals surface area (Å²) in [4.78, 5) is 19.9. The molecule has 1 N–H and O–H groups in total. The van der Waals surface area contributed by atoms with Crippen molar-refractivity contribution in [3.8, 4) is 0 Å². The second kappa shape index (κ2) is 6.81. The Morgan fingerprint density at radius 1 is 1.40 bits per heavy atom. The minimum Gasteiger partial charge on any atom is -0.465 e. The maximum absolute atomic E-state index is 11.3. The van der Waals surface area contributed by atoms with Gasteiger partial charge in [-0.15, -0.1) is 0 Å². The van der Waals surface area contributed by atoms with Crippen LogP contribution in [0.25, 0.3) is 0 Å². The van der Waals surface area contributed by atoms with Crippen LogP contribution >= 0.6 is 0 Å². The van der Waals surface area contributed by atoms with Crippen LogP contribution in [-0.4, -0.2) is 34.2 Å². The van der Waals surface area contributed by atoms with Gasteiger partial charge in [0.25, 0.3) is 0 Å². The zero-order chi connectivity index (χ0) is 14.4. The molecule has 20 heavy (non-hydrogen) atoms. The van der Waals surface area contributed by atoms with Gasteiger partial charge in [0.05, 0.1) is 31.5 Å². The van der Waals surface area contributed by atoms with Gasteiger partial charge in [-0.2, -0.15) is 0 Å². The second-order valence-electron chi connectivity index (χ2n) is 4.28. The van der Waals surface area contributed by atoms with Crippen molar-refractivity contribution >= 4 is 5.97 Å². The van der Waals surface area contributed by atoms with Crippen LogP contribution in [-0.2, 0) is 17.8 Å². The number of nitrogens with zero attached hydrogens (tertiary/aromatic N) is 3. The summed E-state index contributed by atoms with van der Waals surface area (Å²) in [6, 6.07) is 3.54. The molecule has 0 bridgehead atoms. The number of ether oxygens (including phenoxy) is 1. The van der Waals surface area contributed by atoms with E-state index in [9.17, 15) is 4.79 Å². The van der Waals surface area contributed by atoms with Crippen molar-refractivity contribution < 1.29 is 9.53 Å². The van der Waals surface area contributed by atoms with Crippen LogP contribution in [0, 0.1) is 0 Å². The van der Waals surface area contributed by atoms with Gasteiger partial charge >= 0.3 is 5.97 Å². The molecular weight excluding hydrogens is 256 g/mol. The molecule has 2 rings (SSSR count). The highest BCUT2D eigenvalue weighted by Crippen LogP contribution is 2.06. The molecule has 2 aromatic heterocycles. The second-order valence-corrected chi connectivity index (χ2v) is 4.28. The Kier molecular flexibility index (Phi) is 4.84. The van der Waals surface area contributed by atoms with Crippen LogP contribution in [0.1, 0.15) is 28.8 Å². The van der Waals surface area contributed by atoms with E-state index >= 15 is 0 Å². The van der Waals surface area contributed by atoms with E-state index in [0.717, 1.165) is 24.6 Å². The largest absolute Gasteiger partial charge is 0.465 e. The predicted molar refractivity (Wildman–Crippen MR) is 74.3 cm³/mol. The van der Waals surface area contributed by atoms with Gasteiger partial charge in [-0.25, -0.2) is 9.78 Å². The molecular formula is C14H18N4O2. The molecule has 0 atom stereocenters. The predicted octanol–water partition coefficient (Wildman–Crippen LogP) is 1.22. The third-order valence-corrected chi connectivity index (χ3v) is 2.91. The van der Waals surface area contributed by atoms with Gasteiger partial charge in [0.1, 0.15) is 5.82 Å². The van der Waals surface area contributed by atoms with Gasteiger partial charge in [0.2, 0.25) is 0 Å². The molecule has 0 aliphatic rings. The highest BCUT2D eigenvalue weighted by atomic mass is 16.5. The Morgan fingerprint density at radius 3 is 2.90 bits per heavy atom. The molecule has 0 amide bonds. The summed E-state index contributed by atoms with van der Waals surface area (Å²) in [5, 5.41) is 3.24. The zero-order valence-electron chi connectivity index (χ0n) is 11.7. The fourth-order valence-electron chi connectivity index (χ4n) is 1.82. The average Bonchev–Trinajstić information content (AvgIpc) is 2.92. The van der Waals surface area contributed by atoms with Gasteiger partial charge in [-0.1, -0.05) is 6.92 Å². The maximum atomic E-state index is 11.3. The molecule has 0 radical (unpaired) electrons. The van der Waals surface area contributed by atoms with Crippen LogP contribution < -0.4 is 5.32 Å². The lowest BCUT2D eigenvalue weighted by Gasteiger charge is -2.08. The molecule has 6 heteroatoms. The number of methoxy groups -OCH3 is 1. The molecule has 0 spiro atoms. The molecule has 6 nitrogen and oxygen atoms in total. The van der Waals surface area contributed by atoms with E-state index in [2.05, 4.69) is 26.9 Å². The highest BCUT2D eigenvalue weighted by molar-refractivity contribution is 5.88. The van der Waals surface area contributed by atoms with Crippen LogP contribution in [0.15, 0.2) is 30.7 Å². The van der Waals surface area contributed by atoms with Crippen molar-refractivity contribution in [1.82, 2.24) is 19.9 Å². The van der Waals surface area contributed by atoms with Gasteiger partial charge in [0.15, 0.2) is 0 Å². The van der Waals surface area contributed by atoms with Crippen LogP contribution in [0.2, 0.25) is 0 Å². The SMILES string of the molecule is CCNCc1nccn1Cc1ccc(C(=O)OC)cn1. The number of carbonyl (C=O) groups excluding carboxylic acids is 1. The number of esters is 1. The Morgan fingerprint density at radius 2 is 2.25 bits per heavy atom. The normalized spacial score (nSPS) is 10.5. The zero-order valence-corrected chi connectivity index (χ0v) is 11.7. The molecule has 0 saturated heterocycles. The number of pyridine rings is 1. The van der Waals surface area contributed by atoms with E-state index in [4.69, 9.17) is 0 Å². The van der Waals surface area contributed by atoms with Crippen LogP contribution in [0.5, 0.6) is 0 Å². The van der Waals surface area contributed by atoms with Gasteiger partial charge < -0.3 is 14.6 Å². The summed E-state index contributed by atoms with van der Waals surface area (Å²) in [6.45, 7) is 4.31. The van der Waals surface area contributed by atoms with E-state index in [0.29, 0.717) is 12.1 Å². The molecule has 0 aliphatic carbocycles. The van der Waals surface area contributed by atoms with Gasteiger partial charge in [-0.05, 0) is 18.7 Å². The quantitative estimate of drug-likeness (QED) is 0.802. The van der Waals surface area contributed by atoms with Crippen molar-refractivity contribution in [2.45, 2.75) is 20.0 Å². The van der Waals surface area contributed by atoms with Crippen LogP contribution in [0.3, 0.4) is 0 Å². The van der Waals surface area contributed by atoms with E-state index in [1.165, 1.54) is 13.3 Å². The number of hydrogen-bond acceptors (Lipinski definition) is 5.